The number of carbonyl (C=O) groups is 3. The first kappa shape index (κ1) is 21.1. The quantitative estimate of drug-likeness (QED) is 0.746. The molecule has 6 rings (SSSR count). The van der Waals surface area contributed by atoms with Gasteiger partial charge in [0.2, 0.25) is 11.8 Å². The third-order valence-corrected chi connectivity index (χ3v) is 7.73. The molecule has 2 aliphatic heterocycles. The van der Waals surface area contributed by atoms with Crippen molar-refractivity contribution in [3.63, 3.8) is 0 Å². The molecular formula is C24H31N3O5. The monoisotopic (exact) mass is 441 g/mol. The van der Waals surface area contributed by atoms with Gasteiger partial charge in [-0.3, -0.25) is 14.4 Å². The number of hydrogen-bond donors (Lipinski definition) is 2. The van der Waals surface area contributed by atoms with Crippen LogP contribution in [0.5, 0.6) is 11.5 Å². The van der Waals surface area contributed by atoms with Gasteiger partial charge in [-0.2, -0.15) is 0 Å². The van der Waals surface area contributed by atoms with Crippen LogP contribution in [0, 0.1) is 17.8 Å². The number of methoxy groups -OCH3 is 1. The van der Waals surface area contributed by atoms with Crippen molar-refractivity contribution in [3.05, 3.63) is 23.8 Å². The fraction of sp³-hybridized carbons (Fsp3) is 0.625. The van der Waals surface area contributed by atoms with Crippen LogP contribution in [0.1, 0.15) is 55.3 Å². The molecule has 1 aromatic rings. The van der Waals surface area contributed by atoms with Gasteiger partial charge in [0, 0.05) is 37.4 Å². The molecular weight excluding hydrogens is 410 g/mol. The summed E-state index contributed by atoms with van der Waals surface area (Å²) in [6.07, 6.45) is 6.31. The van der Waals surface area contributed by atoms with Gasteiger partial charge in [0.05, 0.1) is 19.2 Å². The summed E-state index contributed by atoms with van der Waals surface area (Å²) in [7, 11) is 1.59. The third kappa shape index (κ3) is 3.69. The van der Waals surface area contributed by atoms with Gasteiger partial charge in [-0.25, -0.2) is 0 Å². The maximum absolute atomic E-state index is 13.0. The van der Waals surface area contributed by atoms with Crippen molar-refractivity contribution in [1.29, 1.82) is 0 Å². The second-order valence-electron chi connectivity index (χ2n) is 9.55. The molecule has 5 aliphatic rings. The number of likely N-dealkylation sites (tertiary alicyclic amines) is 1. The molecule has 0 aromatic heterocycles. The minimum atomic E-state index is -0.778. The number of amides is 3. The fourth-order valence-corrected chi connectivity index (χ4v) is 5.99. The van der Waals surface area contributed by atoms with Gasteiger partial charge in [-0.1, -0.05) is 0 Å². The van der Waals surface area contributed by atoms with E-state index in [9.17, 15) is 14.4 Å². The molecule has 172 valence electrons. The van der Waals surface area contributed by atoms with Gasteiger partial charge in [0.1, 0.15) is 11.5 Å². The van der Waals surface area contributed by atoms with E-state index in [1.807, 2.05) is 4.90 Å². The van der Waals surface area contributed by atoms with Crippen molar-refractivity contribution in [2.75, 3.05) is 26.7 Å². The second-order valence-corrected chi connectivity index (χ2v) is 9.55. The maximum atomic E-state index is 13.0. The number of nitrogens with zero attached hydrogens (tertiary/aromatic N) is 1. The number of hydrogen-bond acceptors (Lipinski definition) is 5. The minimum Gasteiger partial charge on any atom is -0.497 e. The van der Waals surface area contributed by atoms with E-state index in [1.54, 1.807) is 25.3 Å². The normalized spacial score (nSPS) is 30.8. The van der Waals surface area contributed by atoms with E-state index in [1.165, 1.54) is 6.42 Å². The van der Waals surface area contributed by atoms with Crippen molar-refractivity contribution in [2.45, 2.75) is 50.7 Å². The average Bonchev–Trinajstić information content (AvgIpc) is 2.82. The Balaban J connectivity index is 1.25. The van der Waals surface area contributed by atoms with E-state index in [2.05, 4.69) is 10.6 Å². The molecule has 2 bridgehead atoms. The predicted octanol–water partition coefficient (Wildman–Crippen LogP) is 2.08. The molecule has 4 fully saturated rings. The molecule has 1 saturated heterocycles. The van der Waals surface area contributed by atoms with Crippen LogP contribution in [-0.4, -0.2) is 55.1 Å². The van der Waals surface area contributed by atoms with Gasteiger partial charge in [0.25, 0.3) is 5.91 Å². The number of benzene rings is 1. The summed E-state index contributed by atoms with van der Waals surface area (Å²) in [4.78, 5) is 40.1. The average molecular weight is 442 g/mol. The molecule has 4 atom stereocenters. The van der Waals surface area contributed by atoms with Gasteiger partial charge in [0.15, 0.2) is 5.72 Å². The highest BCUT2D eigenvalue weighted by Gasteiger charge is 2.57. The van der Waals surface area contributed by atoms with Crippen molar-refractivity contribution in [2.24, 2.45) is 17.8 Å². The van der Waals surface area contributed by atoms with Gasteiger partial charge in [-0.15, -0.1) is 0 Å². The molecule has 4 unspecified atom stereocenters. The molecule has 0 radical (unpaired) electrons. The van der Waals surface area contributed by atoms with E-state index in [0.717, 1.165) is 38.8 Å². The lowest BCUT2D eigenvalue weighted by atomic mass is 9.60. The van der Waals surface area contributed by atoms with Crippen LogP contribution >= 0.6 is 0 Å². The summed E-state index contributed by atoms with van der Waals surface area (Å²) in [5.41, 5.74) is -0.275. The zero-order valence-electron chi connectivity index (χ0n) is 18.5. The van der Waals surface area contributed by atoms with Crippen LogP contribution in [0.4, 0.5) is 0 Å². The van der Waals surface area contributed by atoms with Crippen LogP contribution < -0.4 is 20.1 Å². The number of fused-ring (bicyclic) bond motifs is 3. The lowest BCUT2D eigenvalue weighted by Crippen LogP contribution is -2.67. The number of piperidine rings is 1. The molecule has 32 heavy (non-hydrogen) atoms. The Bertz CT molecular complexity index is 928. The summed E-state index contributed by atoms with van der Waals surface area (Å²) in [6, 6.07) is 5.22. The zero-order valence-corrected chi connectivity index (χ0v) is 18.5. The lowest BCUT2D eigenvalue weighted by molar-refractivity contribution is -0.148. The molecule has 3 amide bonds. The standard InChI is InChI=1S/C24H31N3O5/c1-31-17-7-8-18-20(12-17)32-24(26-23(18)30)13-15-5-6-16(24)11-19(15)22(29)25-14-21(28)27-9-3-2-4-10-27/h7-8,12,15-16,19H,2-6,9-11,13-14H2,1H3,(H,25,29)(H,26,30). The van der Waals surface area contributed by atoms with Gasteiger partial charge < -0.3 is 25.0 Å². The van der Waals surface area contributed by atoms with E-state index < -0.39 is 5.72 Å². The first-order valence-electron chi connectivity index (χ1n) is 11.7. The van der Waals surface area contributed by atoms with E-state index >= 15 is 0 Å². The van der Waals surface area contributed by atoms with Crippen LogP contribution in [0.3, 0.4) is 0 Å². The van der Waals surface area contributed by atoms with Gasteiger partial charge >= 0.3 is 0 Å². The topological polar surface area (TPSA) is 97.0 Å². The number of ether oxygens (including phenoxy) is 2. The van der Waals surface area contributed by atoms with Crippen molar-refractivity contribution in [3.8, 4) is 11.5 Å². The van der Waals surface area contributed by atoms with E-state index in [0.29, 0.717) is 29.9 Å². The van der Waals surface area contributed by atoms with Crippen LogP contribution in [0.2, 0.25) is 0 Å². The highest BCUT2D eigenvalue weighted by Crippen LogP contribution is 2.52. The second kappa shape index (κ2) is 8.30. The molecule has 3 saturated carbocycles. The molecule has 8 nitrogen and oxygen atoms in total. The highest BCUT2D eigenvalue weighted by molar-refractivity contribution is 5.98. The lowest BCUT2D eigenvalue weighted by Gasteiger charge is -2.55. The minimum absolute atomic E-state index is 0.00363. The van der Waals surface area contributed by atoms with E-state index in [4.69, 9.17) is 9.47 Å². The first-order chi connectivity index (χ1) is 15.5. The predicted molar refractivity (Wildman–Crippen MR) is 116 cm³/mol. The van der Waals surface area contributed by atoms with Crippen molar-refractivity contribution < 1.29 is 23.9 Å². The Morgan fingerprint density at radius 3 is 2.78 bits per heavy atom. The summed E-state index contributed by atoms with van der Waals surface area (Å²) in [6.45, 7) is 1.64. The SMILES string of the molecule is COc1ccc2c(c1)OC1(CC3CCC1CC3C(=O)NCC(=O)N1CCCCC1)NC2=O. The first-order valence-corrected chi connectivity index (χ1v) is 11.7. The van der Waals surface area contributed by atoms with Gasteiger partial charge in [-0.05, 0) is 56.6 Å². The van der Waals surface area contributed by atoms with Crippen molar-refractivity contribution in [1.82, 2.24) is 15.5 Å². The summed E-state index contributed by atoms with van der Waals surface area (Å²) in [5.74, 6) is 0.990. The Kier molecular flexibility index (Phi) is 5.47. The fourth-order valence-electron chi connectivity index (χ4n) is 5.99. The molecule has 2 N–H and O–H groups in total. The summed E-state index contributed by atoms with van der Waals surface area (Å²) < 4.78 is 11.7. The van der Waals surface area contributed by atoms with Crippen LogP contribution in [0.25, 0.3) is 0 Å². The van der Waals surface area contributed by atoms with Crippen molar-refractivity contribution >= 4 is 17.7 Å². The molecule has 3 aliphatic carbocycles. The third-order valence-electron chi connectivity index (χ3n) is 7.73. The Morgan fingerprint density at radius 1 is 1.25 bits per heavy atom. The molecule has 1 spiro atoms. The van der Waals surface area contributed by atoms with Crippen LogP contribution in [0.15, 0.2) is 18.2 Å². The largest absolute Gasteiger partial charge is 0.497 e. The Hall–Kier alpha value is -2.77. The molecule has 1 aromatic carbocycles. The molecule has 8 heteroatoms. The number of nitrogens with one attached hydrogen (secondary N) is 2. The molecule has 2 heterocycles. The van der Waals surface area contributed by atoms with E-state index in [-0.39, 0.29) is 42.0 Å². The smallest absolute Gasteiger partial charge is 0.258 e. The highest BCUT2D eigenvalue weighted by atomic mass is 16.5. The summed E-state index contributed by atoms with van der Waals surface area (Å²) >= 11 is 0. The number of rotatable bonds is 4. The summed E-state index contributed by atoms with van der Waals surface area (Å²) in [5, 5.41) is 6.01. The zero-order chi connectivity index (χ0) is 22.3. The maximum Gasteiger partial charge on any atom is 0.258 e. The Morgan fingerprint density at radius 2 is 2.06 bits per heavy atom. The number of carbonyl (C=O) groups excluding carboxylic acids is 3. The Labute approximate surface area is 188 Å². The van der Waals surface area contributed by atoms with Crippen LogP contribution in [-0.2, 0) is 9.59 Å².